The second-order valence-electron chi connectivity index (χ2n) is 4.99. The number of carbonyl (C=O) groups excluding carboxylic acids is 1. The zero-order chi connectivity index (χ0) is 13.9. The van der Waals surface area contributed by atoms with E-state index in [0.717, 1.165) is 32.7 Å². The highest BCUT2D eigenvalue weighted by atomic mass is 16.4. The third kappa shape index (κ3) is 2.81. The van der Waals surface area contributed by atoms with Crippen LogP contribution in [0.5, 0.6) is 0 Å². The molecule has 1 aromatic heterocycles. The summed E-state index contributed by atoms with van der Waals surface area (Å²) >= 11 is 0. The lowest BCUT2D eigenvalue weighted by Crippen LogP contribution is -2.44. The molecule has 1 aromatic carbocycles. The van der Waals surface area contributed by atoms with Crippen molar-refractivity contribution >= 4 is 16.9 Å². The van der Waals surface area contributed by atoms with Gasteiger partial charge in [-0.2, -0.15) is 0 Å². The highest BCUT2D eigenvalue weighted by Gasteiger charge is 2.13. The molecule has 0 unspecified atom stereocenters. The van der Waals surface area contributed by atoms with Gasteiger partial charge in [-0.3, -0.25) is 9.78 Å². The smallest absolute Gasteiger partial charge is 0.408 e. The van der Waals surface area contributed by atoms with Crippen molar-refractivity contribution in [2.75, 3.05) is 32.7 Å². The summed E-state index contributed by atoms with van der Waals surface area (Å²) in [6.45, 7) is 4.72. The summed E-state index contributed by atoms with van der Waals surface area (Å²) < 4.78 is 4.92. The summed E-state index contributed by atoms with van der Waals surface area (Å²) in [7, 11) is 0. The maximum atomic E-state index is 12.2. The van der Waals surface area contributed by atoms with Crippen molar-refractivity contribution in [1.29, 1.82) is 0 Å². The Balaban J connectivity index is 1.66. The van der Waals surface area contributed by atoms with E-state index in [2.05, 4.69) is 15.2 Å². The molecule has 1 saturated heterocycles. The van der Waals surface area contributed by atoms with E-state index in [1.54, 1.807) is 18.2 Å². The minimum Gasteiger partial charge on any atom is -0.408 e. The van der Waals surface area contributed by atoms with Crippen molar-refractivity contribution in [3.63, 3.8) is 0 Å². The molecule has 0 amide bonds. The van der Waals surface area contributed by atoms with E-state index >= 15 is 0 Å². The Hall–Kier alpha value is -1.92. The summed E-state index contributed by atoms with van der Waals surface area (Å²) in [5, 5.41) is 3.29. The largest absolute Gasteiger partial charge is 0.417 e. The van der Waals surface area contributed by atoms with Gasteiger partial charge in [-0.25, -0.2) is 4.79 Å². The molecule has 2 N–H and O–H groups in total. The van der Waals surface area contributed by atoms with Gasteiger partial charge in [0.05, 0.1) is 5.52 Å². The van der Waals surface area contributed by atoms with Gasteiger partial charge >= 0.3 is 5.76 Å². The number of nitrogens with zero attached hydrogens (tertiary/aromatic N) is 1. The number of benzene rings is 1. The van der Waals surface area contributed by atoms with Crippen LogP contribution in [0.15, 0.2) is 27.4 Å². The summed E-state index contributed by atoms with van der Waals surface area (Å²) in [4.78, 5) is 28.1. The molecule has 0 atom stereocenters. The number of ketones is 1. The fourth-order valence-electron chi connectivity index (χ4n) is 2.46. The number of piperazine rings is 1. The quantitative estimate of drug-likeness (QED) is 0.799. The molecule has 6 nitrogen and oxygen atoms in total. The van der Waals surface area contributed by atoms with Crippen LogP contribution in [-0.4, -0.2) is 48.4 Å². The number of Topliss-reactive ketones (excluding diaryl/α,β-unsaturated/α-hetero) is 1. The second-order valence-corrected chi connectivity index (χ2v) is 4.99. The molecule has 1 aliphatic rings. The molecule has 0 radical (unpaired) electrons. The molecule has 20 heavy (non-hydrogen) atoms. The van der Waals surface area contributed by atoms with Crippen LogP contribution in [0.1, 0.15) is 16.8 Å². The van der Waals surface area contributed by atoms with E-state index in [0.29, 0.717) is 23.1 Å². The highest BCUT2D eigenvalue weighted by molar-refractivity contribution is 5.98. The van der Waals surface area contributed by atoms with Crippen LogP contribution in [-0.2, 0) is 0 Å². The highest BCUT2D eigenvalue weighted by Crippen LogP contribution is 2.14. The van der Waals surface area contributed by atoms with E-state index in [-0.39, 0.29) is 5.78 Å². The summed E-state index contributed by atoms with van der Waals surface area (Å²) in [6.07, 6.45) is 0.494. The third-order valence-corrected chi connectivity index (χ3v) is 3.61. The molecule has 106 valence electrons. The number of aromatic nitrogens is 1. The molecular formula is C14H17N3O3. The Kier molecular flexibility index (Phi) is 3.66. The first-order valence-corrected chi connectivity index (χ1v) is 6.81. The minimum absolute atomic E-state index is 0.0903. The Morgan fingerprint density at radius 3 is 2.90 bits per heavy atom. The first kappa shape index (κ1) is 13.1. The third-order valence-electron chi connectivity index (χ3n) is 3.61. The van der Waals surface area contributed by atoms with Crippen molar-refractivity contribution in [3.8, 4) is 0 Å². The van der Waals surface area contributed by atoms with Gasteiger partial charge in [0.15, 0.2) is 11.4 Å². The van der Waals surface area contributed by atoms with Crippen molar-refractivity contribution in [3.05, 3.63) is 34.3 Å². The maximum absolute atomic E-state index is 12.2. The number of nitrogens with one attached hydrogen (secondary N) is 2. The standard InChI is InChI=1S/C14H17N3O3/c18-12(3-6-17-7-4-15-5-8-17)10-1-2-13-11(9-10)16-14(19)20-13/h1-2,9,15H,3-8H2,(H,16,19). The van der Waals surface area contributed by atoms with Crippen LogP contribution in [0.25, 0.3) is 11.1 Å². The average Bonchev–Trinajstić information content (AvgIpc) is 2.85. The molecule has 1 aliphatic heterocycles. The van der Waals surface area contributed by atoms with Gasteiger partial charge in [0.25, 0.3) is 0 Å². The first-order chi connectivity index (χ1) is 9.72. The molecule has 2 aromatic rings. The van der Waals surface area contributed by atoms with Crippen molar-refractivity contribution < 1.29 is 9.21 Å². The number of rotatable bonds is 4. The van der Waals surface area contributed by atoms with E-state index in [4.69, 9.17) is 4.42 Å². The Labute approximate surface area is 115 Å². The molecule has 0 aliphatic carbocycles. The lowest BCUT2D eigenvalue weighted by Gasteiger charge is -2.26. The van der Waals surface area contributed by atoms with Crippen molar-refractivity contribution in [1.82, 2.24) is 15.2 Å². The summed E-state index contributed by atoms with van der Waals surface area (Å²) in [5.41, 5.74) is 1.67. The minimum atomic E-state index is -0.495. The van der Waals surface area contributed by atoms with E-state index in [1.807, 2.05) is 0 Å². The Morgan fingerprint density at radius 2 is 2.10 bits per heavy atom. The number of aromatic amines is 1. The fraction of sp³-hybridized carbons (Fsp3) is 0.429. The van der Waals surface area contributed by atoms with Gasteiger partial charge in [0.2, 0.25) is 0 Å². The van der Waals surface area contributed by atoms with Crippen LogP contribution < -0.4 is 11.1 Å². The molecule has 6 heteroatoms. The number of hydrogen-bond acceptors (Lipinski definition) is 5. The molecule has 2 heterocycles. The van der Waals surface area contributed by atoms with Gasteiger partial charge in [-0.05, 0) is 18.2 Å². The summed E-state index contributed by atoms with van der Waals surface area (Å²) in [6, 6.07) is 5.05. The Bertz CT molecular complexity index is 668. The van der Waals surface area contributed by atoms with Gasteiger partial charge in [-0.15, -0.1) is 0 Å². The molecule has 0 saturated carbocycles. The predicted molar refractivity (Wildman–Crippen MR) is 75.1 cm³/mol. The Morgan fingerprint density at radius 1 is 1.30 bits per heavy atom. The van der Waals surface area contributed by atoms with Crippen LogP contribution >= 0.6 is 0 Å². The molecule has 3 rings (SSSR count). The number of oxazole rings is 1. The number of H-pyrrole nitrogens is 1. The molecule has 0 bridgehead atoms. The van der Waals surface area contributed by atoms with Crippen molar-refractivity contribution in [2.45, 2.75) is 6.42 Å². The number of fused-ring (bicyclic) bond motifs is 1. The average molecular weight is 275 g/mol. The first-order valence-electron chi connectivity index (χ1n) is 6.81. The molecular weight excluding hydrogens is 258 g/mol. The topological polar surface area (TPSA) is 78.3 Å². The second kappa shape index (κ2) is 5.60. The zero-order valence-electron chi connectivity index (χ0n) is 11.1. The van der Waals surface area contributed by atoms with E-state index < -0.39 is 5.76 Å². The SMILES string of the molecule is O=C(CCN1CCNCC1)c1ccc2oc(=O)[nH]c2c1. The van der Waals surface area contributed by atoms with Gasteiger partial charge in [-0.1, -0.05) is 0 Å². The predicted octanol–water partition coefficient (Wildman–Crippen LogP) is 0.599. The van der Waals surface area contributed by atoms with Crippen LogP contribution in [0, 0.1) is 0 Å². The number of hydrogen-bond donors (Lipinski definition) is 2. The van der Waals surface area contributed by atoms with E-state index in [1.165, 1.54) is 0 Å². The van der Waals surface area contributed by atoms with Gasteiger partial charge in [0, 0.05) is 44.7 Å². The molecule has 0 spiro atoms. The summed E-state index contributed by atoms with van der Waals surface area (Å²) in [5.74, 6) is -0.405. The normalized spacial score (nSPS) is 16.6. The lowest BCUT2D eigenvalue weighted by atomic mass is 10.1. The zero-order valence-corrected chi connectivity index (χ0v) is 11.1. The monoisotopic (exact) mass is 275 g/mol. The van der Waals surface area contributed by atoms with Crippen LogP contribution in [0.3, 0.4) is 0 Å². The van der Waals surface area contributed by atoms with Crippen molar-refractivity contribution in [2.24, 2.45) is 0 Å². The fourth-order valence-corrected chi connectivity index (χ4v) is 2.46. The van der Waals surface area contributed by atoms with E-state index in [9.17, 15) is 9.59 Å². The lowest BCUT2D eigenvalue weighted by molar-refractivity contribution is 0.0961. The number of carbonyl (C=O) groups is 1. The molecule has 1 fully saturated rings. The van der Waals surface area contributed by atoms with Crippen LogP contribution in [0.2, 0.25) is 0 Å². The maximum Gasteiger partial charge on any atom is 0.417 e. The van der Waals surface area contributed by atoms with Gasteiger partial charge in [0.1, 0.15) is 0 Å². The van der Waals surface area contributed by atoms with Gasteiger partial charge < -0.3 is 14.6 Å². The van der Waals surface area contributed by atoms with Crippen LogP contribution in [0.4, 0.5) is 0 Å².